The summed E-state index contributed by atoms with van der Waals surface area (Å²) < 4.78 is 26.4. The molecule has 3 aromatic rings. The Labute approximate surface area is 205 Å². The molecule has 31 heavy (non-hydrogen) atoms. The van der Waals surface area contributed by atoms with Crippen LogP contribution in [0.15, 0.2) is 40.6 Å². The van der Waals surface area contributed by atoms with Crippen LogP contribution < -0.4 is 4.90 Å². The highest BCUT2D eigenvalue weighted by molar-refractivity contribution is 7.92. The van der Waals surface area contributed by atoms with Crippen LogP contribution in [-0.4, -0.2) is 31.7 Å². The van der Waals surface area contributed by atoms with Crippen molar-refractivity contribution < 1.29 is 8.42 Å². The third-order valence-electron chi connectivity index (χ3n) is 5.32. The number of nitrogens with zero attached hydrogens (tertiary/aromatic N) is 2. The van der Waals surface area contributed by atoms with Crippen molar-refractivity contribution >= 4 is 72.7 Å². The van der Waals surface area contributed by atoms with Crippen LogP contribution in [0.5, 0.6) is 0 Å². The van der Waals surface area contributed by atoms with Gasteiger partial charge < -0.3 is 4.90 Å². The summed E-state index contributed by atoms with van der Waals surface area (Å²) in [6.45, 7) is 2.96. The monoisotopic (exact) mass is 534 g/mol. The Kier molecular flexibility index (Phi) is 6.78. The van der Waals surface area contributed by atoms with E-state index in [0.29, 0.717) is 46.6 Å². The molecular weight excluding hydrogens is 518 g/mol. The van der Waals surface area contributed by atoms with Gasteiger partial charge >= 0.3 is 0 Å². The molecular formula is C21H18Cl4N2O2S2. The van der Waals surface area contributed by atoms with E-state index in [1.54, 1.807) is 19.1 Å². The molecule has 0 unspecified atom stereocenters. The lowest BCUT2D eigenvalue weighted by Gasteiger charge is -2.31. The fraction of sp³-hybridized carbons (Fsp3) is 0.286. The fourth-order valence-corrected chi connectivity index (χ4v) is 7.61. The maximum Gasteiger partial charge on any atom is 0.185 e. The van der Waals surface area contributed by atoms with Crippen molar-refractivity contribution in [2.75, 3.05) is 18.0 Å². The van der Waals surface area contributed by atoms with Crippen LogP contribution >= 0.6 is 57.7 Å². The van der Waals surface area contributed by atoms with E-state index in [0.717, 1.165) is 16.4 Å². The van der Waals surface area contributed by atoms with E-state index >= 15 is 0 Å². The van der Waals surface area contributed by atoms with Gasteiger partial charge in [0.1, 0.15) is 0 Å². The van der Waals surface area contributed by atoms with E-state index in [-0.39, 0.29) is 9.92 Å². The highest BCUT2D eigenvalue weighted by atomic mass is 35.5. The summed E-state index contributed by atoms with van der Waals surface area (Å²) in [5.41, 5.74) is 2.34. The second kappa shape index (κ2) is 9.08. The first-order valence-electron chi connectivity index (χ1n) is 9.51. The smallest absolute Gasteiger partial charge is 0.185 e. The largest absolute Gasteiger partial charge is 0.348 e. The average molecular weight is 536 g/mol. The van der Waals surface area contributed by atoms with E-state index in [9.17, 15) is 8.42 Å². The van der Waals surface area contributed by atoms with Crippen molar-refractivity contribution in [3.8, 4) is 11.3 Å². The van der Waals surface area contributed by atoms with Crippen LogP contribution in [-0.2, 0) is 9.84 Å². The van der Waals surface area contributed by atoms with Crippen molar-refractivity contribution in [3.05, 3.63) is 61.4 Å². The first-order valence-corrected chi connectivity index (χ1v) is 13.5. The van der Waals surface area contributed by atoms with Gasteiger partial charge in [0.25, 0.3) is 0 Å². The molecule has 10 heteroatoms. The number of thiazole rings is 1. The third-order valence-corrected chi connectivity index (χ3v) is 9.79. The second-order valence-corrected chi connectivity index (χ2v) is 12.2. The summed E-state index contributed by atoms with van der Waals surface area (Å²) in [5.74, 6) is 0. The summed E-state index contributed by atoms with van der Waals surface area (Å²) in [6, 6.07) is 8.39. The predicted molar refractivity (Wildman–Crippen MR) is 131 cm³/mol. The number of hydrogen-bond donors (Lipinski definition) is 0. The van der Waals surface area contributed by atoms with Gasteiger partial charge in [-0.1, -0.05) is 46.4 Å². The van der Waals surface area contributed by atoms with Crippen LogP contribution in [0.1, 0.15) is 18.4 Å². The zero-order valence-corrected chi connectivity index (χ0v) is 21.1. The molecule has 0 amide bonds. The molecule has 0 atom stereocenters. The average Bonchev–Trinajstić information content (AvgIpc) is 3.20. The molecule has 1 aromatic heterocycles. The minimum absolute atomic E-state index is 0.156. The number of halogens is 4. The molecule has 1 aliphatic rings. The third kappa shape index (κ3) is 4.85. The topological polar surface area (TPSA) is 50.3 Å². The van der Waals surface area contributed by atoms with Crippen molar-refractivity contribution in [2.45, 2.75) is 29.9 Å². The van der Waals surface area contributed by atoms with Gasteiger partial charge in [0, 0.05) is 39.1 Å². The summed E-state index contributed by atoms with van der Waals surface area (Å²) in [4.78, 5) is 6.98. The molecule has 1 fully saturated rings. The van der Waals surface area contributed by atoms with Gasteiger partial charge in [-0.3, -0.25) is 0 Å². The van der Waals surface area contributed by atoms with Crippen LogP contribution in [0.25, 0.3) is 11.3 Å². The van der Waals surface area contributed by atoms with Crippen LogP contribution in [0, 0.1) is 6.92 Å². The van der Waals surface area contributed by atoms with E-state index in [1.807, 2.05) is 17.5 Å². The maximum atomic E-state index is 13.2. The molecule has 1 saturated heterocycles. The Balaban J connectivity index is 1.49. The number of anilines is 1. The van der Waals surface area contributed by atoms with Gasteiger partial charge in [0.2, 0.25) is 0 Å². The van der Waals surface area contributed by atoms with E-state index in [2.05, 4.69) is 4.90 Å². The molecule has 0 radical (unpaired) electrons. The second-order valence-electron chi connectivity index (χ2n) is 7.44. The SMILES string of the molecule is Cc1cc(S(=O)(=O)C2CCN(c3nc(-c4cc(Cl)cc(Cl)c4)cs3)CC2)c(Cl)cc1Cl. The number of piperidine rings is 1. The molecule has 2 heterocycles. The van der Waals surface area contributed by atoms with Gasteiger partial charge in [-0.15, -0.1) is 11.3 Å². The lowest BCUT2D eigenvalue weighted by Crippen LogP contribution is -2.39. The quantitative estimate of drug-likeness (QED) is 0.355. The van der Waals surface area contributed by atoms with Crippen LogP contribution in [0.4, 0.5) is 5.13 Å². The number of benzene rings is 2. The Hall–Kier alpha value is -1.02. The van der Waals surface area contributed by atoms with E-state index in [1.165, 1.54) is 17.4 Å². The lowest BCUT2D eigenvalue weighted by atomic mass is 10.1. The van der Waals surface area contributed by atoms with Crippen molar-refractivity contribution in [1.29, 1.82) is 0 Å². The zero-order valence-electron chi connectivity index (χ0n) is 16.4. The first kappa shape index (κ1) is 23.1. The molecule has 0 saturated carbocycles. The van der Waals surface area contributed by atoms with Gasteiger partial charge in [-0.2, -0.15) is 0 Å². The molecule has 4 rings (SSSR count). The van der Waals surface area contributed by atoms with Crippen molar-refractivity contribution in [3.63, 3.8) is 0 Å². The molecule has 164 valence electrons. The lowest BCUT2D eigenvalue weighted by molar-refractivity contribution is 0.529. The fourth-order valence-electron chi connectivity index (χ4n) is 3.63. The Morgan fingerprint density at radius 1 is 0.968 bits per heavy atom. The molecule has 0 bridgehead atoms. The summed E-state index contributed by atoms with van der Waals surface area (Å²) in [6.07, 6.45) is 0.997. The van der Waals surface area contributed by atoms with Gasteiger partial charge in [0.05, 0.1) is 20.9 Å². The number of hydrogen-bond acceptors (Lipinski definition) is 5. The van der Waals surface area contributed by atoms with Crippen molar-refractivity contribution in [2.24, 2.45) is 0 Å². The molecule has 0 spiro atoms. The van der Waals surface area contributed by atoms with Gasteiger partial charge in [0.15, 0.2) is 15.0 Å². The minimum Gasteiger partial charge on any atom is -0.348 e. The van der Waals surface area contributed by atoms with Gasteiger partial charge in [-0.05, 0) is 55.7 Å². The molecule has 1 aliphatic heterocycles. The maximum absolute atomic E-state index is 13.2. The molecule has 2 aromatic carbocycles. The molecule has 0 N–H and O–H groups in total. The summed E-state index contributed by atoms with van der Waals surface area (Å²) in [7, 11) is -3.55. The minimum atomic E-state index is -3.55. The van der Waals surface area contributed by atoms with Crippen LogP contribution in [0.2, 0.25) is 20.1 Å². The number of aromatic nitrogens is 1. The number of aryl methyl sites for hydroxylation is 1. The normalized spacial score (nSPS) is 15.5. The predicted octanol–water partition coefficient (Wildman–Crippen LogP) is 7.17. The van der Waals surface area contributed by atoms with E-state index in [4.69, 9.17) is 51.4 Å². The van der Waals surface area contributed by atoms with E-state index < -0.39 is 15.1 Å². The first-order chi connectivity index (χ1) is 14.6. The number of sulfone groups is 1. The van der Waals surface area contributed by atoms with Crippen molar-refractivity contribution in [1.82, 2.24) is 4.98 Å². The standard InChI is InChI=1S/C21H18Cl4N2O2S2/c1-12-6-20(18(25)10-17(12)24)31(28,29)16-2-4-27(5-3-16)21-26-19(11-30-21)13-7-14(22)9-15(23)8-13/h6-11,16H,2-5H2,1H3. The zero-order chi connectivity index (χ0) is 22.3. The van der Waals surface area contributed by atoms with Crippen LogP contribution in [0.3, 0.4) is 0 Å². The summed E-state index contributed by atoms with van der Waals surface area (Å²) in [5, 5.41) is 4.05. The highest BCUT2D eigenvalue weighted by Gasteiger charge is 2.33. The summed E-state index contributed by atoms with van der Waals surface area (Å²) >= 11 is 26.0. The Morgan fingerprint density at radius 3 is 2.26 bits per heavy atom. The number of rotatable bonds is 4. The Bertz CT molecular complexity index is 1220. The molecule has 0 aliphatic carbocycles. The van der Waals surface area contributed by atoms with Gasteiger partial charge in [-0.25, -0.2) is 13.4 Å². The molecule has 4 nitrogen and oxygen atoms in total. The Morgan fingerprint density at radius 2 is 1.61 bits per heavy atom. The highest BCUT2D eigenvalue weighted by Crippen LogP contribution is 2.36.